The molecule has 8 heavy (non-hydrogen) atoms. The van der Waals surface area contributed by atoms with Gasteiger partial charge in [0, 0.05) is 5.75 Å². The Morgan fingerprint density at radius 3 is 2.62 bits per heavy atom. The molecule has 0 bridgehead atoms. The molecule has 0 N–H and O–H groups in total. The fraction of sp³-hybridized carbons (Fsp3) is 0.750. The van der Waals surface area contributed by atoms with Crippen LogP contribution < -0.4 is 0 Å². The van der Waals surface area contributed by atoms with Crippen LogP contribution in [0.2, 0.25) is 0 Å². The third-order valence-electron chi connectivity index (χ3n) is 0.890. The molecule has 1 saturated heterocycles. The predicted octanol–water partition coefficient (Wildman–Crippen LogP) is 1.91. The summed E-state index contributed by atoms with van der Waals surface area (Å²) >= 11 is 5.73. The van der Waals surface area contributed by atoms with Gasteiger partial charge in [-0.3, -0.25) is 4.79 Å². The van der Waals surface area contributed by atoms with Crippen molar-refractivity contribution in [2.45, 2.75) is 11.8 Å². The van der Waals surface area contributed by atoms with Crippen molar-refractivity contribution in [3.05, 3.63) is 0 Å². The monoisotopic (exact) mass is 168 g/mol. The minimum absolute atomic E-state index is 0.0872. The number of halogens is 1. The molecule has 1 aliphatic rings. The Balaban J connectivity index is 2.68. The summed E-state index contributed by atoms with van der Waals surface area (Å²) in [5.41, 5.74) is 0. The molecule has 1 heterocycles. The van der Waals surface area contributed by atoms with Crippen LogP contribution in [0.5, 0.6) is 0 Å². The van der Waals surface area contributed by atoms with E-state index in [1.807, 2.05) is 0 Å². The molecule has 1 aliphatic heterocycles. The molecule has 46 valence electrons. The van der Waals surface area contributed by atoms with Crippen LogP contribution in [0.15, 0.2) is 0 Å². The molecule has 1 fully saturated rings. The van der Waals surface area contributed by atoms with Crippen LogP contribution in [0.1, 0.15) is 6.92 Å². The van der Waals surface area contributed by atoms with Gasteiger partial charge in [-0.1, -0.05) is 10.8 Å². The van der Waals surface area contributed by atoms with Crippen LogP contribution >= 0.6 is 33.2 Å². The first-order valence-electron chi connectivity index (χ1n) is 2.16. The summed E-state index contributed by atoms with van der Waals surface area (Å²) in [4.78, 5) is 10.1. The Morgan fingerprint density at radius 2 is 2.50 bits per heavy atom. The topological polar surface area (TPSA) is 17.1 Å². The van der Waals surface area contributed by atoms with E-state index < -0.39 is 4.87 Å². The van der Waals surface area contributed by atoms with Crippen molar-refractivity contribution < 1.29 is 4.79 Å². The van der Waals surface area contributed by atoms with Crippen LogP contribution in [0.4, 0.5) is 0 Å². The molecule has 1 unspecified atom stereocenters. The Labute approximate surface area is 60.9 Å². The van der Waals surface area contributed by atoms with Crippen molar-refractivity contribution in [3.63, 3.8) is 0 Å². The van der Waals surface area contributed by atoms with E-state index in [2.05, 4.69) is 0 Å². The van der Waals surface area contributed by atoms with Gasteiger partial charge in [-0.2, -0.15) is 0 Å². The first kappa shape index (κ1) is 6.78. The summed E-state index contributed by atoms with van der Waals surface area (Å²) in [6, 6.07) is 0. The van der Waals surface area contributed by atoms with Crippen molar-refractivity contribution in [2.24, 2.45) is 0 Å². The Morgan fingerprint density at radius 1 is 1.88 bits per heavy atom. The Kier molecular flexibility index (Phi) is 1.80. The molecule has 0 radical (unpaired) electrons. The van der Waals surface area contributed by atoms with Gasteiger partial charge in [0.2, 0.25) is 5.12 Å². The van der Waals surface area contributed by atoms with Gasteiger partial charge < -0.3 is 0 Å². The zero-order chi connectivity index (χ0) is 6.20. The van der Waals surface area contributed by atoms with Crippen molar-refractivity contribution >= 4 is 38.3 Å². The molecule has 0 spiro atoms. The molecule has 0 aliphatic carbocycles. The summed E-state index contributed by atoms with van der Waals surface area (Å²) in [7, 11) is 2.77. The smallest absolute Gasteiger partial charge is 0.220 e. The van der Waals surface area contributed by atoms with Gasteiger partial charge in [0.1, 0.15) is 4.87 Å². The van der Waals surface area contributed by atoms with Crippen molar-refractivity contribution in [3.8, 4) is 0 Å². The van der Waals surface area contributed by atoms with E-state index in [0.717, 1.165) is 5.75 Å². The number of hydrogen-bond acceptors (Lipinski definition) is 3. The van der Waals surface area contributed by atoms with E-state index in [9.17, 15) is 4.79 Å². The van der Waals surface area contributed by atoms with Gasteiger partial charge in [-0.05, 0) is 17.7 Å². The SMILES string of the molecule is CC1(Cl)CSSC1=O. The van der Waals surface area contributed by atoms with Crippen molar-refractivity contribution in [1.29, 1.82) is 0 Å². The van der Waals surface area contributed by atoms with Gasteiger partial charge in [0.25, 0.3) is 0 Å². The fourth-order valence-electron chi connectivity index (χ4n) is 0.339. The van der Waals surface area contributed by atoms with Gasteiger partial charge in [0.05, 0.1) is 0 Å². The quantitative estimate of drug-likeness (QED) is 0.406. The molecular formula is C4H5ClOS2. The molecule has 1 rings (SSSR count). The number of carbonyl (C=O) groups excluding carboxylic acids is 1. The molecule has 1 atom stereocenters. The summed E-state index contributed by atoms with van der Waals surface area (Å²) < 4.78 is 0. The molecular weight excluding hydrogens is 164 g/mol. The largest absolute Gasteiger partial charge is 0.284 e. The Bertz CT molecular complexity index is 123. The third-order valence-corrected chi connectivity index (χ3v) is 4.04. The molecule has 0 aromatic rings. The summed E-state index contributed by atoms with van der Waals surface area (Å²) in [6.07, 6.45) is 0. The highest BCUT2D eigenvalue weighted by atomic mass is 35.5. The van der Waals surface area contributed by atoms with Crippen LogP contribution in [0, 0.1) is 0 Å². The van der Waals surface area contributed by atoms with Crippen LogP contribution in [-0.2, 0) is 4.79 Å². The first-order valence-corrected chi connectivity index (χ1v) is 4.85. The minimum Gasteiger partial charge on any atom is -0.284 e. The Hall–Kier alpha value is 0.660. The van der Waals surface area contributed by atoms with Gasteiger partial charge in [0.15, 0.2) is 0 Å². The summed E-state index contributed by atoms with van der Waals surface area (Å²) in [5.74, 6) is 0.734. The highest BCUT2D eigenvalue weighted by Crippen LogP contribution is 2.42. The minimum atomic E-state index is -0.588. The maximum Gasteiger partial charge on any atom is 0.220 e. The van der Waals surface area contributed by atoms with Crippen molar-refractivity contribution in [2.75, 3.05) is 5.75 Å². The highest BCUT2D eigenvalue weighted by molar-refractivity contribution is 8.83. The number of rotatable bonds is 0. The van der Waals surface area contributed by atoms with Gasteiger partial charge in [-0.15, -0.1) is 11.6 Å². The lowest BCUT2D eigenvalue weighted by atomic mass is 10.2. The van der Waals surface area contributed by atoms with Crippen molar-refractivity contribution in [1.82, 2.24) is 0 Å². The highest BCUT2D eigenvalue weighted by Gasteiger charge is 2.36. The predicted molar refractivity (Wildman–Crippen MR) is 39.3 cm³/mol. The van der Waals surface area contributed by atoms with E-state index in [-0.39, 0.29) is 5.12 Å². The third kappa shape index (κ3) is 1.14. The van der Waals surface area contributed by atoms with E-state index >= 15 is 0 Å². The van der Waals surface area contributed by atoms with Crippen LogP contribution in [-0.4, -0.2) is 15.7 Å². The molecule has 4 heteroatoms. The second-order valence-corrected chi connectivity index (χ2v) is 4.93. The standard InChI is InChI=1S/C4H5ClOS2/c1-4(5)2-7-8-3(4)6/h2H2,1H3. The molecule has 0 saturated carbocycles. The number of alkyl halides is 1. The molecule has 0 amide bonds. The van der Waals surface area contributed by atoms with Crippen LogP contribution in [0.3, 0.4) is 0 Å². The average molecular weight is 169 g/mol. The first-order chi connectivity index (χ1) is 3.63. The van der Waals surface area contributed by atoms with Gasteiger partial charge >= 0.3 is 0 Å². The van der Waals surface area contributed by atoms with E-state index in [1.165, 1.54) is 21.6 Å². The lowest BCUT2D eigenvalue weighted by Crippen LogP contribution is -2.23. The zero-order valence-electron chi connectivity index (χ0n) is 4.31. The molecule has 0 aromatic heterocycles. The number of hydrogen-bond donors (Lipinski definition) is 0. The van der Waals surface area contributed by atoms with E-state index in [1.54, 1.807) is 6.92 Å². The average Bonchev–Trinajstić information content (AvgIpc) is 1.86. The van der Waals surface area contributed by atoms with E-state index in [0.29, 0.717) is 0 Å². The number of carbonyl (C=O) groups is 1. The molecule has 0 aromatic carbocycles. The maximum absolute atomic E-state index is 10.7. The second kappa shape index (κ2) is 2.12. The summed E-state index contributed by atoms with van der Waals surface area (Å²) in [6.45, 7) is 1.75. The van der Waals surface area contributed by atoms with Crippen LogP contribution in [0.25, 0.3) is 0 Å². The van der Waals surface area contributed by atoms with Gasteiger partial charge in [-0.25, -0.2) is 0 Å². The normalized spacial score (nSPS) is 38.5. The lowest BCUT2D eigenvalue weighted by molar-refractivity contribution is -0.112. The fourth-order valence-corrected chi connectivity index (χ4v) is 3.56. The lowest BCUT2D eigenvalue weighted by Gasteiger charge is -2.06. The maximum atomic E-state index is 10.7. The van der Waals surface area contributed by atoms with E-state index in [4.69, 9.17) is 11.6 Å². The molecule has 1 nitrogen and oxygen atoms in total. The second-order valence-electron chi connectivity index (χ2n) is 1.83. The zero-order valence-corrected chi connectivity index (χ0v) is 6.70. The summed E-state index contributed by atoms with van der Waals surface area (Å²) in [5, 5.41) is 0.0872.